The van der Waals surface area contributed by atoms with E-state index in [-0.39, 0.29) is 23.9 Å². The molecule has 9 nitrogen and oxygen atoms in total. The van der Waals surface area contributed by atoms with Crippen LogP contribution in [0, 0.1) is 16.0 Å². The van der Waals surface area contributed by atoms with Gasteiger partial charge in [-0.05, 0) is 24.8 Å². The van der Waals surface area contributed by atoms with Gasteiger partial charge in [-0.15, -0.1) is 0 Å². The summed E-state index contributed by atoms with van der Waals surface area (Å²) in [6, 6.07) is 5.52. The fourth-order valence-electron chi connectivity index (χ4n) is 2.40. The summed E-state index contributed by atoms with van der Waals surface area (Å²) in [4.78, 5) is 40.3. The smallest absolute Gasteiger partial charge is 0.271 e. The Kier molecular flexibility index (Phi) is 6.44. The molecule has 0 aliphatic carbocycles. The number of nitrogens with zero attached hydrogens (tertiary/aromatic N) is 3. The van der Waals surface area contributed by atoms with Crippen molar-refractivity contribution >= 4 is 29.4 Å². The number of likely N-dealkylation sites (tertiary alicyclic amines) is 1. The topological polar surface area (TPSA) is 114 Å². The number of non-ortho nitro benzene ring substituents is 1. The van der Waals surface area contributed by atoms with E-state index in [9.17, 15) is 19.7 Å². The van der Waals surface area contributed by atoms with Crippen LogP contribution in [0.25, 0.3) is 0 Å². The Hall–Kier alpha value is -2.97. The molecule has 1 N–H and O–H groups in total. The van der Waals surface area contributed by atoms with Gasteiger partial charge in [0.25, 0.3) is 17.5 Å². The van der Waals surface area contributed by atoms with Crippen molar-refractivity contribution < 1.29 is 19.3 Å². The number of carbonyl (C=O) groups is 2. The van der Waals surface area contributed by atoms with Crippen LogP contribution in [-0.4, -0.2) is 47.5 Å². The highest BCUT2D eigenvalue weighted by Crippen LogP contribution is 2.17. The van der Waals surface area contributed by atoms with E-state index in [2.05, 4.69) is 17.4 Å². The van der Waals surface area contributed by atoms with Crippen molar-refractivity contribution in [1.82, 2.24) is 4.90 Å². The lowest BCUT2D eigenvalue weighted by Gasteiger charge is -2.29. The number of hydrogen-bond donors (Lipinski definition) is 1. The van der Waals surface area contributed by atoms with E-state index < -0.39 is 10.8 Å². The Morgan fingerprint density at radius 1 is 1.44 bits per heavy atom. The molecule has 1 fully saturated rings. The average Bonchev–Trinajstić information content (AvgIpc) is 2.59. The highest BCUT2D eigenvalue weighted by atomic mass is 16.6. The Balaban J connectivity index is 1.74. The Morgan fingerprint density at radius 2 is 2.16 bits per heavy atom. The third-order valence-electron chi connectivity index (χ3n) is 3.89. The van der Waals surface area contributed by atoms with Crippen LogP contribution in [0.15, 0.2) is 29.4 Å². The van der Waals surface area contributed by atoms with Gasteiger partial charge in [0.05, 0.1) is 4.92 Å². The highest BCUT2D eigenvalue weighted by molar-refractivity contribution is 6.31. The normalized spacial score (nSPS) is 15.2. The Bertz CT molecular complexity index is 668. The maximum absolute atomic E-state index is 11.9. The summed E-state index contributed by atoms with van der Waals surface area (Å²) < 4.78 is 0. The number of nitrogens with one attached hydrogen (secondary N) is 1. The monoisotopic (exact) mass is 348 g/mol. The van der Waals surface area contributed by atoms with Gasteiger partial charge in [0, 0.05) is 30.9 Å². The number of anilines is 1. The van der Waals surface area contributed by atoms with E-state index in [1.807, 2.05) is 0 Å². The summed E-state index contributed by atoms with van der Waals surface area (Å²) in [7, 11) is 0. The van der Waals surface area contributed by atoms with Crippen LogP contribution in [-0.2, 0) is 14.4 Å². The highest BCUT2D eigenvalue weighted by Gasteiger charge is 2.20. The van der Waals surface area contributed by atoms with Crippen molar-refractivity contribution in [3.8, 4) is 0 Å². The largest absolute Gasteiger partial charge is 0.386 e. The second-order valence-electron chi connectivity index (χ2n) is 5.87. The number of rotatable bonds is 6. The Labute approximate surface area is 144 Å². The van der Waals surface area contributed by atoms with Crippen molar-refractivity contribution in [2.75, 3.05) is 25.0 Å². The third-order valence-corrected chi connectivity index (χ3v) is 3.89. The van der Waals surface area contributed by atoms with Crippen LogP contribution in [0.2, 0.25) is 0 Å². The number of hydrogen-bond acceptors (Lipinski definition) is 6. The first-order chi connectivity index (χ1) is 12.0. The number of nitro benzene ring substituents is 1. The molecular formula is C16H20N4O5. The minimum atomic E-state index is -0.611. The molecule has 25 heavy (non-hydrogen) atoms. The predicted molar refractivity (Wildman–Crippen MR) is 91.1 cm³/mol. The maximum Gasteiger partial charge on any atom is 0.271 e. The second-order valence-corrected chi connectivity index (χ2v) is 5.87. The maximum atomic E-state index is 11.9. The summed E-state index contributed by atoms with van der Waals surface area (Å²) in [6.07, 6.45) is 2.83. The summed E-state index contributed by atoms with van der Waals surface area (Å²) >= 11 is 0. The minimum Gasteiger partial charge on any atom is -0.386 e. The van der Waals surface area contributed by atoms with Gasteiger partial charge in [0.1, 0.15) is 6.21 Å². The number of carbonyl (C=O) groups excluding carboxylic acids is 2. The third kappa shape index (κ3) is 5.87. The molecule has 1 aromatic carbocycles. The molecule has 1 heterocycles. The van der Waals surface area contributed by atoms with Crippen LogP contribution in [0.1, 0.15) is 19.8 Å². The number of benzene rings is 1. The van der Waals surface area contributed by atoms with E-state index in [1.165, 1.54) is 24.3 Å². The van der Waals surface area contributed by atoms with Crippen LogP contribution < -0.4 is 5.32 Å². The van der Waals surface area contributed by atoms with Gasteiger partial charge in [-0.2, -0.15) is 0 Å². The molecule has 1 saturated heterocycles. The molecule has 0 bridgehead atoms. The molecule has 1 aromatic rings. The van der Waals surface area contributed by atoms with Crippen molar-refractivity contribution in [2.45, 2.75) is 19.8 Å². The summed E-state index contributed by atoms with van der Waals surface area (Å²) in [5.41, 5.74) is 0.136. The first-order valence-corrected chi connectivity index (χ1v) is 7.94. The van der Waals surface area contributed by atoms with Crippen molar-refractivity contribution in [2.24, 2.45) is 11.1 Å². The number of piperidine rings is 1. The lowest BCUT2D eigenvalue weighted by atomic mass is 9.99. The fourth-order valence-corrected chi connectivity index (χ4v) is 2.40. The number of oxime groups is 1. The zero-order valence-corrected chi connectivity index (χ0v) is 13.9. The first-order valence-electron chi connectivity index (χ1n) is 7.94. The van der Waals surface area contributed by atoms with E-state index >= 15 is 0 Å². The van der Waals surface area contributed by atoms with E-state index in [1.54, 1.807) is 4.90 Å². The zero-order chi connectivity index (χ0) is 18.2. The quantitative estimate of drug-likeness (QED) is 0.478. The summed E-state index contributed by atoms with van der Waals surface area (Å²) in [6.45, 7) is 3.35. The molecule has 2 rings (SSSR count). The SMILES string of the molecule is CC1CCN(C(=O)CO/N=C\C(=O)Nc2cccc([N+](=O)[O-])c2)CC1. The zero-order valence-electron chi connectivity index (χ0n) is 13.9. The van der Waals surface area contributed by atoms with Crippen LogP contribution in [0.3, 0.4) is 0 Å². The van der Waals surface area contributed by atoms with E-state index in [0.29, 0.717) is 19.0 Å². The lowest BCUT2D eigenvalue weighted by molar-refractivity contribution is -0.384. The fraction of sp³-hybridized carbons (Fsp3) is 0.438. The van der Waals surface area contributed by atoms with Crippen LogP contribution in [0.5, 0.6) is 0 Å². The van der Waals surface area contributed by atoms with E-state index in [4.69, 9.17) is 4.84 Å². The number of nitro groups is 1. The average molecular weight is 348 g/mol. The first kappa shape index (κ1) is 18.4. The van der Waals surface area contributed by atoms with Gasteiger partial charge < -0.3 is 15.1 Å². The molecule has 0 saturated carbocycles. The molecule has 0 unspecified atom stereocenters. The van der Waals surface area contributed by atoms with Crippen molar-refractivity contribution in [1.29, 1.82) is 0 Å². The lowest BCUT2D eigenvalue weighted by Crippen LogP contribution is -2.39. The standard InChI is InChI=1S/C16H20N4O5/c1-12-5-7-19(8-6-12)16(22)11-25-17-10-15(21)18-13-3-2-4-14(9-13)20(23)24/h2-4,9-10,12H,5-8,11H2,1H3,(H,18,21)/b17-10-. The van der Waals surface area contributed by atoms with Gasteiger partial charge in [-0.3, -0.25) is 19.7 Å². The van der Waals surface area contributed by atoms with Gasteiger partial charge >= 0.3 is 0 Å². The summed E-state index contributed by atoms with van der Waals surface area (Å²) in [5.74, 6) is -0.150. The van der Waals surface area contributed by atoms with Crippen LogP contribution in [0.4, 0.5) is 11.4 Å². The van der Waals surface area contributed by atoms with E-state index in [0.717, 1.165) is 19.1 Å². The molecule has 0 radical (unpaired) electrons. The van der Waals surface area contributed by atoms with Gasteiger partial charge in [0.2, 0.25) is 0 Å². The minimum absolute atomic E-state index is 0.132. The molecular weight excluding hydrogens is 328 g/mol. The molecule has 0 atom stereocenters. The second kappa shape index (κ2) is 8.76. The summed E-state index contributed by atoms with van der Waals surface area (Å²) in [5, 5.41) is 16.6. The molecule has 1 aliphatic heterocycles. The molecule has 2 amide bonds. The van der Waals surface area contributed by atoms with Gasteiger partial charge in [0.15, 0.2) is 6.61 Å². The molecule has 1 aliphatic rings. The predicted octanol–water partition coefficient (Wildman–Crippen LogP) is 1.79. The molecule has 0 spiro atoms. The number of amides is 2. The Morgan fingerprint density at radius 3 is 2.84 bits per heavy atom. The molecule has 0 aromatic heterocycles. The van der Waals surface area contributed by atoms with Gasteiger partial charge in [-0.25, -0.2) is 0 Å². The van der Waals surface area contributed by atoms with Crippen LogP contribution >= 0.6 is 0 Å². The molecule has 134 valence electrons. The van der Waals surface area contributed by atoms with Gasteiger partial charge in [-0.1, -0.05) is 18.1 Å². The van der Waals surface area contributed by atoms with Crippen molar-refractivity contribution in [3.63, 3.8) is 0 Å². The molecule has 9 heteroatoms. The van der Waals surface area contributed by atoms with Crippen molar-refractivity contribution in [3.05, 3.63) is 34.4 Å².